The van der Waals surface area contributed by atoms with Gasteiger partial charge in [-0.15, -0.1) is 12.3 Å². The molecule has 90 valence electrons. The molecule has 0 unspecified atom stereocenters. The van der Waals surface area contributed by atoms with Crippen molar-refractivity contribution in [2.75, 3.05) is 0 Å². The zero-order chi connectivity index (χ0) is 13.0. The van der Waals surface area contributed by atoms with Crippen LogP contribution in [0.25, 0.3) is 0 Å². The summed E-state index contributed by atoms with van der Waals surface area (Å²) in [6, 6.07) is 21.1. The van der Waals surface area contributed by atoms with Gasteiger partial charge in [0.05, 0.1) is 0 Å². The van der Waals surface area contributed by atoms with Crippen LogP contribution < -0.4 is 5.19 Å². The summed E-state index contributed by atoms with van der Waals surface area (Å²) in [5.41, 5.74) is 1.49. The maximum absolute atomic E-state index is 5.81. The van der Waals surface area contributed by atoms with Gasteiger partial charge in [0.2, 0.25) is 0 Å². The van der Waals surface area contributed by atoms with Crippen LogP contribution in [0.2, 0.25) is 13.1 Å². The summed E-state index contributed by atoms with van der Waals surface area (Å²) in [6.45, 7) is 4.69. The summed E-state index contributed by atoms with van der Waals surface area (Å²) >= 11 is 0. The van der Waals surface area contributed by atoms with Crippen molar-refractivity contribution in [3.8, 4) is 12.3 Å². The van der Waals surface area contributed by atoms with E-state index in [1.807, 2.05) is 6.07 Å². The second kappa shape index (κ2) is 5.24. The highest BCUT2D eigenvalue weighted by Crippen LogP contribution is 2.26. The molecule has 0 heterocycles. The molecule has 0 bridgehead atoms. The third kappa shape index (κ3) is 2.39. The molecule has 0 saturated carbocycles. The monoisotopic (exact) mass is 250 g/mol. The van der Waals surface area contributed by atoms with Crippen molar-refractivity contribution >= 4 is 13.3 Å². The molecule has 0 aromatic heterocycles. The van der Waals surface area contributed by atoms with E-state index in [9.17, 15) is 0 Å². The fourth-order valence-electron chi connectivity index (χ4n) is 2.40. The van der Waals surface area contributed by atoms with Crippen LogP contribution in [0.3, 0.4) is 0 Å². The molecule has 0 nitrogen and oxygen atoms in total. The Bertz CT molecular complexity index is 535. The van der Waals surface area contributed by atoms with Gasteiger partial charge in [0.1, 0.15) is 8.07 Å². The number of hydrogen-bond acceptors (Lipinski definition) is 0. The molecule has 2 aromatic rings. The summed E-state index contributed by atoms with van der Waals surface area (Å²) in [7, 11) is -1.69. The van der Waals surface area contributed by atoms with Gasteiger partial charge in [0, 0.05) is 5.54 Å². The third-order valence-corrected chi connectivity index (χ3v) is 7.30. The summed E-state index contributed by atoms with van der Waals surface area (Å²) in [5.74, 6) is 3.02. The predicted octanol–water partition coefficient (Wildman–Crippen LogP) is 3.56. The van der Waals surface area contributed by atoms with Crippen molar-refractivity contribution in [1.29, 1.82) is 0 Å². The molecular formula is C17H18Si. The van der Waals surface area contributed by atoms with Crippen LogP contribution in [0.5, 0.6) is 0 Å². The van der Waals surface area contributed by atoms with Crippen LogP contribution in [0, 0.1) is 12.3 Å². The first kappa shape index (κ1) is 12.7. The summed E-state index contributed by atoms with van der Waals surface area (Å²) in [5, 5.41) is 1.41. The van der Waals surface area contributed by atoms with E-state index < -0.39 is 8.07 Å². The summed E-state index contributed by atoms with van der Waals surface area (Å²) in [4.78, 5) is 0. The van der Waals surface area contributed by atoms with Crippen LogP contribution in [0.4, 0.5) is 0 Å². The zero-order valence-electron chi connectivity index (χ0n) is 10.9. The van der Waals surface area contributed by atoms with E-state index in [-0.39, 0.29) is 5.54 Å². The van der Waals surface area contributed by atoms with Gasteiger partial charge in [0.15, 0.2) is 0 Å². The predicted molar refractivity (Wildman–Crippen MR) is 81.6 cm³/mol. The van der Waals surface area contributed by atoms with Crippen LogP contribution in [0.15, 0.2) is 60.7 Å². The SMILES string of the molecule is C#C[C@@H](c1ccccc1)[Si](C)(C)c1ccccc1. The Morgan fingerprint density at radius 2 is 1.39 bits per heavy atom. The minimum atomic E-state index is -1.69. The highest BCUT2D eigenvalue weighted by atomic mass is 28.3. The fraction of sp³-hybridized carbons (Fsp3) is 0.176. The number of terminal acetylenes is 1. The number of benzene rings is 2. The molecule has 0 saturated heterocycles. The van der Waals surface area contributed by atoms with E-state index in [1.165, 1.54) is 10.8 Å². The van der Waals surface area contributed by atoms with Gasteiger partial charge in [-0.05, 0) is 5.56 Å². The second-order valence-electron chi connectivity index (χ2n) is 5.10. The molecule has 18 heavy (non-hydrogen) atoms. The molecule has 2 rings (SSSR count). The average Bonchev–Trinajstić information content (AvgIpc) is 2.41. The van der Waals surface area contributed by atoms with Crippen molar-refractivity contribution in [1.82, 2.24) is 0 Å². The van der Waals surface area contributed by atoms with Gasteiger partial charge in [0.25, 0.3) is 0 Å². The second-order valence-corrected chi connectivity index (χ2v) is 9.70. The molecule has 0 amide bonds. The van der Waals surface area contributed by atoms with E-state index in [2.05, 4.69) is 73.6 Å². The zero-order valence-corrected chi connectivity index (χ0v) is 11.9. The van der Waals surface area contributed by atoms with Crippen LogP contribution in [-0.2, 0) is 0 Å². The Labute approximate surface area is 111 Å². The lowest BCUT2D eigenvalue weighted by atomic mass is 10.1. The van der Waals surface area contributed by atoms with Gasteiger partial charge >= 0.3 is 0 Å². The largest absolute Gasteiger partial charge is 0.120 e. The van der Waals surface area contributed by atoms with Gasteiger partial charge in [-0.2, -0.15) is 0 Å². The van der Waals surface area contributed by atoms with E-state index >= 15 is 0 Å². The third-order valence-electron chi connectivity index (χ3n) is 3.54. The van der Waals surface area contributed by atoms with Gasteiger partial charge in [-0.3, -0.25) is 0 Å². The van der Waals surface area contributed by atoms with Crippen molar-refractivity contribution in [3.05, 3.63) is 66.2 Å². The van der Waals surface area contributed by atoms with Gasteiger partial charge in [-0.25, -0.2) is 0 Å². The highest BCUT2D eigenvalue weighted by molar-refractivity contribution is 6.91. The van der Waals surface area contributed by atoms with Crippen molar-refractivity contribution in [2.45, 2.75) is 18.6 Å². The molecule has 1 atom stereocenters. The lowest BCUT2D eigenvalue weighted by molar-refractivity contribution is 1.19. The smallest absolute Gasteiger partial charge is 0.102 e. The first-order chi connectivity index (χ1) is 8.66. The minimum absolute atomic E-state index is 0.223. The van der Waals surface area contributed by atoms with E-state index in [0.29, 0.717) is 0 Å². The summed E-state index contributed by atoms with van der Waals surface area (Å²) < 4.78 is 0. The molecule has 0 fully saturated rings. The Morgan fingerprint density at radius 1 is 0.889 bits per heavy atom. The van der Waals surface area contributed by atoms with E-state index in [1.54, 1.807) is 0 Å². The maximum Gasteiger partial charge on any atom is 0.102 e. The fourth-order valence-corrected chi connectivity index (χ4v) is 5.23. The lowest BCUT2D eigenvalue weighted by Gasteiger charge is -2.29. The van der Waals surface area contributed by atoms with Crippen molar-refractivity contribution in [3.63, 3.8) is 0 Å². The highest BCUT2D eigenvalue weighted by Gasteiger charge is 2.33. The molecule has 0 aliphatic rings. The summed E-state index contributed by atoms with van der Waals surface area (Å²) in [6.07, 6.45) is 5.81. The molecule has 2 aromatic carbocycles. The average molecular weight is 250 g/mol. The first-order valence-corrected chi connectivity index (χ1v) is 9.30. The van der Waals surface area contributed by atoms with Crippen LogP contribution >= 0.6 is 0 Å². The maximum atomic E-state index is 5.81. The molecule has 0 radical (unpaired) electrons. The normalized spacial score (nSPS) is 12.7. The minimum Gasteiger partial charge on any atom is -0.120 e. The lowest BCUT2D eigenvalue weighted by Crippen LogP contribution is -2.47. The Hall–Kier alpha value is -1.78. The number of rotatable bonds is 3. The Balaban J connectivity index is 2.43. The van der Waals surface area contributed by atoms with Crippen molar-refractivity contribution in [2.24, 2.45) is 0 Å². The topological polar surface area (TPSA) is 0 Å². The van der Waals surface area contributed by atoms with Crippen LogP contribution in [0.1, 0.15) is 11.1 Å². The molecule has 0 N–H and O–H groups in total. The quantitative estimate of drug-likeness (QED) is 0.577. The molecule has 0 spiro atoms. The van der Waals surface area contributed by atoms with E-state index in [0.717, 1.165) is 0 Å². The van der Waals surface area contributed by atoms with E-state index in [4.69, 9.17) is 6.42 Å². The standard InChI is InChI=1S/C17H18Si/c1-4-17(15-11-7-5-8-12-15)18(2,3)16-13-9-6-10-14-16/h1,5-14,17H,2-3H3/t17-/m0/s1. The molecule has 0 aliphatic carbocycles. The van der Waals surface area contributed by atoms with Crippen molar-refractivity contribution < 1.29 is 0 Å². The molecule has 1 heteroatoms. The van der Waals surface area contributed by atoms with Gasteiger partial charge in [-0.1, -0.05) is 78.9 Å². The van der Waals surface area contributed by atoms with Crippen LogP contribution in [-0.4, -0.2) is 8.07 Å². The molecular weight excluding hydrogens is 232 g/mol. The number of hydrogen-bond donors (Lipinski definition) is 0. The first-order valence-electron chi connectivity index (χ1n) is 6.23. The Kier molecular flexibility index (Phi) is 3.69. The van der Waals surface area contributed by atoms with Gasteiger partial charge < -0.3 is 0 Å². The Morgan fingerprint density at radius 3 is 1.89 bits per heavy atom. The molecule has 0 aliphatic heterocycles.